The fourth-order valence-electron chi connectivity index (χ4n) is 4.28. The third-order valence-electron chi connectivity index (χ3n) is 6.04. The molecule has 4 aromatic heterocycles. The zero-order valence-electron chi connectivity index (χ0n) is 19.6. The van der Waals surface area contributed by atoms with E-state index >= 15 is 0 Å². The molecule has 1 aromatic carbocycles. The molecule has 172 valence electrons. The van der Waals surface area contributed by atoms with Crippen LogP contribution in [0.1, 0.15) is 48.3 Å². The molecule has 0 fully saturated rings. The van der Waals surface area contributed by atoms with Crippen molar-refractivity contribution < 1.29 is 4.79 Å². The predicted molar refractivity (Wildman–Crippen MR) is 130 cm³/mol. The van der Waals surface area contributed by atoms with Crippen LogP contribution in [0.5, 0.6) is 0 Å². The Labute approximate surface area is 196 Å². The summed E-state index contributed by atoms with van der Waals surface area (Å²) in [5.74, 6) is -0.277. The molecule has 0 unspecified atom stereocenters. The molecule has 0 atom stereocenters. The van der Waals surface area contributed by atoms with Crippen LogP contribution in [0.3, 0.4) is 0 Å². The maximum Gasteiger partial charge on any atom is 0.248 e. The van der Waals surface area contributed by atoms with E-state index in [1.54, 1.807) is 29.5 Å². The van der Waals surface area contributed by atoms with Gasteiger partial charge in [0.25, 0.3) is 0 Å². The van der Waals surface area contributed by atoms with Crippen molar-refractivity contribution in [2.75, 3.05) is 0 Å². The van der Waals surface area contributed by atoms with Crippen LogP contribution in [-0.4, -0.2) is 40.0 Å². The van der Waals surface area contributed by atoms with Gasteiger partial charge in [0.05, 0.1) is 34.5 Å². The van der Waals surface area contributed by atoms with E-state index in [0.29, 0.717) is 5.56 Å². The number of carbonyl (C=O) groups excluding carboxylic acids is 1. The Morgan fingerprint density at radius 2 is 1.91 bits per heavy atom. The molecule has 5 aromatic rings. The summed E-state index contributed by atoms with van der Waals surface area (Å²) in [5.41, 5.74) is 12.3. The fraction of sp³-hybridized carbons (Fsp3) is 0.240. The molecular formula is C25H26N8O. The molecule has 9 nitrogen and oxygen atoms in total. The first-order valence-corrected chi connectivity index (χ1v) is 11.2. The molecule has 0 radical (unpaired) electrons. The van der Waals surface area contributed by atoms with E-state index in [0.717, 1.165) is 51.5 Å². The third-order valence-corrected chi connectivity index (χ3v) is 6.04. The lowest BCUT2D eigenvalue weighted by Gasteiger charge is -2.10. The number of nitrogens with zero attached hydrogens (tertiary/aromatic N) is 7. The molecule has 1 amide bonds. The van der Waals surface area contributed by atoms with Crippen molar-refractivity contribution in [2.24, 2.45) is 12.8 Å². The van der Waals surface area contributed by atoms with E-state index in [1.807, 2.05) is 53.7 Å². The summed E-state index contributed by atoms with van der Waals surface area (Å²) in [6.07, 6.45) is 8.07. The van der Waals surface area contributed by atoms with Crippen molar-refractivity contribution in [3.8, 4) is 22.8 Å². The summed E-state index contributed by atoms with van der Waals surface area (Å²) in [6.45, 7) is 6.28. The topological polar surface area (TPSA) is 109 Å². The van der Waals surface area contributed by atoms with Crippen LogP contribution in [-0.2, 0) is 13.5 Å². The van der Waals surface area contributed by atoms with Gasteiger partial charge >= 0.3 is 0 Å². The molecule has 9 heteroatoms. The number of pyridine rings is 1. The van der Waals surface area contributed by atoms with Crippen molar-refractivity contribution in [2.45, 2.75) is 33.1 Å². The van der Waals surface area contributed by atoms with Gasteiger partial charge in [-0.15, -0.1) is 0 Å². The fourth-order valence-corrected chi connectivity index (χ4v) is 4.28. The van der Waals surface area contributed by atoms with Gasteiger partial charge in [-0.25, -0.2) is 14.6 Å². The Balaban J connectivity index is 1.72. The van der Waals surface area contributed by atoms with Crippen molar-refractivity contribution in [3.63, 3.8) is 0 Å². The minimum absolute atomic E-state index is 0.168. The maximum atomic E-state index is 11.7. The highest BCUT2D eigenvalue weighted by atomic mass is 16.1. The second-order valence-corrected chi connectivity index (χ2v) is 8.55. The lowest BCUT2D eigenvalue weighted by atomic mass is 10.1. The summed E-state index contributed by atoms with van der Waals surface area (Å²) in [7, 11) is 1.90. The van der Waals surface area contributed by atoms with E-state index in [-0.39, 0.29) is 5.92 Å². The number of amides is 1. The molecule has 0 saturated heterocycles. The Morgan fingerprint density at radius 1 is 1.09 bits per heavy atom. The number of hydrogen-bond donors (Lipinski definition) is 1. The van der Waals surface area contributed by atoms with Crippen LogP contribution >= 0.6 is 0 Å². The zero-order chi connectivity index (χ0) is 24.0. The zero-order valence-corrected chi connectivity index (χ0v) is 19.6. The number of imidazole rings is 1. The number of primary amides is 1. The minimum atomic E-state index is -0.445. The van der Waals surface area contributed by atoms with Crippen molar-refractivity contribution in [1.29, 1.82) is 0 Å². The average molecular weight is 455 g/mol. The number of aromatic nitrogens is 7. The van der Waals surface area contributed by atoms with Gasteiger partial charge in [0.15, 0.2) is 5.65 Å². The molecule has 0 saturated carbocycles. The Bertz CT molecular complexity index is 1520. The van der Waals surface area contributed by atoms with Gasteiger partial charge in [-0.05, 0) is 48.2 Å². The van der Waals surface area contributed by atoms with Crippen LogP contribution in [0.2, 0.25) is 0 Å². The monoisotopic (exact) mass is 454 g/mol. The maximum absolute atomic E-state index is 11.7. The van der Waals surface area contributed by atoms with Crippen molar-refractivity contribution in [1.82, 2.24) is 34.1 Å². The Hall–Kier alpha value is -4.27. The second kappa shape index (κ2) is 8.26. The number of nitrogens with two attached hydrogens (primary N) is 1. The first kappa shape index (κ1) is 21.6. The highest BCUT2D eigenvalue weighted by molar-refractivity contribution is 5.93. The largest absolute Gasteiger partial charge is 0.366 e. The van der Waals surface area contributed by atoms with E-state index in [2.05, 4.69) is 23.9 Å². The number of benzene rings is 1. The molecule has 5 rings (SSSR count). The van der Waals surface area contributed by atoms with Gasteiger partial charge in [-0.1, -0.05) is 20.8 Å². The van der Waals surface area contributed by atoms with Crippen LogP contribution < -0.4 is 5.73 Å². The number of fused-ring (bicyclic) bond motifs is 1. The quantitative estimate of drug-likeness (QED) is 0.420. The molecule has 0 bridgehead atoms. The van der Waals surface area contributed by atoms with E-state index in [4.69, 9.17) is 15.8 Å². The summed E-state index contributed by atoms with van der Waals surface area (Å²) in [5, 5.41) is 10.2. The molecule has 34 heavy (non-hydrogen) atoms. The van der Waals surface area contributed by atoms with Crippen molar-refractivity contribution >= 4 is 16.9 Å². The summed E-state index contributed by atoms with van der Waals surface area (Å²) in [6, 6.07) is 9.38. The first-order valence-electron chi connectivity index (χ1n) is 11.2. The molecule has 0 aliphatic heterocycles. The summed E-state index contributed by atoms with van der Waals surface area (Å²) in [4.78, 5) is 21.0. The van der Waals surface area contributed by atoms with E-state index in [9.17, 15) is 4.79 Å². The first-order chi connectivity index (χ1) is 16.4. The van der Waals surface area contributed by atoms with Gasteiger partial charge in [0, 0.05) is 31.2 Å². The normalized spacial score (nSPS) is 11.6. The second-order valence-electron chi connectivity index (χ2n) is 8.55. The van der Waals surface area contributed by atoms with Crippen LogP contribution in [0.15, 0.2) is 55.2 Å². The predicted octanol–water partition coefficient (Wildman–Crippen LogP) is 3.79. The average Bonchev–Trinajstić information content (AvgIpc) is 3.56. The van der Waals surface area contributed by atoms with Gasteiger partial charge in [-0.2, -0.15) is 10.2 Å². The lowest BCUT2D eigenvalue weighted by Crippen LogP contribution is -2.12. The highest BCUT2D eigenvalue weighted by Gasteiger charge is 2.21. The third kappa shape index (κ3) is 3.45. The van der Waals surface area contributed by atoms with E-state index < -0.39 is 5.91 Å². The van der Waals surface area contributed by atoms with E-state index in [1.165, 1.54) is 0 Å². The van der Waals surface area contributed by atoms with Gasteiger partial charge in [-0.3, -0.25) is 9.48 Å². The van der Waals surface area contributed by atoms with Gasteiger partial charge in [0.1, 0.15) is 5.69 Å². The van der Waals surface area contributed by atoms with Crippen molar-refractivity contribution in [3.05, 3.63) is 72.1 Å². The lowest BCUT2D eigenvalue weighted by molar-refractivity contribution is 0.1000. The molecule has 4 heterocycles. The van der Waals surface area contributed by atoms with Gasteiger partial charge < -0.3 is 10.3 Å². The van der Waals surface area contributed by atoms with Gasteiger partial charge in [0.2, 0.25) is 5.91 Å². The Morgan fingerprint density at radius 3 is 2.59 bits per heavy atom. The molecule has 0 aliphatic rings. The van der Waals surface area contributed by atoms with Crippen LogP contribution in [0, 0.1) is 0 Å². The molecular weight excluding hydrogens is 428 g/mol. The van der Waals surface area contributed by atoms with Crippen LogP contribution in [0.25, 0.3) is 33.8 Å². The summed E-state index contributed by atoms with van der Waals surface area (Å²) < 4.78 is 5.67. The molecule has 0 spiro atoms. The smallest absolute Gasteiger partial charge is 0.248 e. The standard InChI is InChI=1S/C25H26N8O/c1-5-16-12-17(24(26)34)6-7-19(16)33-25-22(23(30-33)15(2)3)21(8-10-27-25)32-13-18(28-14-32)20-9-11-29-31(20)4/h6-15H,5H2,1-4H3,(H2,26,34). The minimum Gasteiger partial charge on any atom is -0.366 e. The molecule has 2 N–H and O–H groups in total. The SMILES string of the molecule is CCc1cc(C(N)=O)ccc1-n1nc(C(C)C)c2c(-n3cnc(-c4ccnn4C)c3)ccnc21. The number of aryl methyl sites for hydroxylation is 2. The Kier molecular flexibility index (Phi) is 5.24. The highest BCUT2D eigenvalue weighted by Crippen LogP contribution is 2.32. The molecule has 0 aliphatic carbocycles. The van der Waals surface area contributed by atoms with Crippen LogP contribution in [0.4, 0.5) is 0 Å². The number of carbonyl (C=O) groups is 1. The number of hydrogen-bond acceptors (Lipinski definition) is 5. The number of rotatable bonds is 6. The summed E-state index contributed by atoms with van der Waals surface area (Å²) >= 11 is 0.